The molecular weight excluding hydrogens is 261 g/mol. The molecule has 1 aliphatic rings. The first kappa shape index (κ1) is 14.0. The summed E-state index contributed by atoms with van der Waals surface area (Å²) in [5.41, 5.74) is 0.597. The van der Waals surface area contributed by atoms with Crippen LogP contribution in [-0.4, -0.2) is 28.2 Å². The Morgan fingerprint density at radius 2 is 2.05 bits per heavy atom. The molecule has 0 unspecified atom stereocenters. The second-order valence-corrected chi connectivity index (χ2v) is 4.52. The Morgan fingerprint density at radius 1 is 1.45 bits per heavy atom. The molecule has 1 heterocycles. The number of ketones is 1. The van der Waals surface area contributed by atoms with E-state index in [2.05, 4.69) is 6.58 Å². The lowest BCUT2D eigenvalue weighted by atomic mass is 9.97. The van der Waals surface area contributed by atoms with Crippen LogP contribution in [0.15, 0.2) is 48.3 Å². The van der Waals surface area contributed by atoms with Crippen LogP contribution in [0.3, 0.4) is 0 Å². The van der Waals surface area contributed by atoms with Gasteiger partial charge in [0.1, 0.15) is 5.82 Å². The van der Waals surface area contributed by atoms with Crippen molar-refractivity contribution in [3.63, 3.8) is 0 Å². The highest BCUT2D eigenvalue weighted by atomic mass is 19.1. The fourth-order valence-electron chi connectivity index (χ4n) is 2.33. The maximum absolute atomic E-state index is 13.0. The number of Topliss-reactive ketones (excluding diaryl/α,β-unsaturated/α-hetero) is 1. The molecule has 0 saturated carbocycles. The summed E-state index contributed by atoms with van der Waals surface area (Å²) < 4.78 is 13.0. The molecule has 1 N–H and O–H groups in total. The van der Waals surface area contributed by atoms with Gasteiger partial charge in [-0.15, -0.1) is 6.58 Å². The van der Waals surface area contributed by atoms with Gasteiger partial charge in [-0.05, 0) is 24.6 Å². The Hall–Kier alpha value is -2.43. The average Bonchev–Trinajstić information content (AvgIpc) is 2.65. The molecule has 1 atom stereocenters. The number of carbonyl (C=O) groups is 2. The lowest BCUT2D eigenvalue weighted by molar-refractivity contribution is -0.128. The minimum absolute atomic E-state index is 0.0310. The van der Waals surface area contributed by atoms with E-state index in [-0.39, 0.29) is 12.1 Å². The van der Waals surface area contributed by atoms with Gasteiger partial charge in [0.25, 0.3) is 5.91 Å². The van der Waals surface area contributed by atoms with E-state index < -0.39 is 29.3 Å². The second-order valence-electron chi connectivity index (χ2n) is 4.52. The van der Waals surface area contributed by atoms with Crippen molar-refractivity contribution in [2.24, 2.45) is 0 Å². The number of hydrogen-bond donors (Lipinski definition) is 1. The van der Waals surface area contributed by atoms with Crippen molar-refractivity contribution in [3.8, 4) is 0 Å². The first-order valence-electron chi connectivity index (χ1n) is 6.08. The molecule has 0 radical (unpaired) electrons. The highest BCUT2D eigenvalue weighted by Gasteiger charge is 2.41. The molecule has 0 saturated heterocycles. The summed E-state index contributed by atoms with van der Waals surface area (Å²) in [5.74, 6) is -1.97. The number of aliphatic hydroxyl groups excluding tert-OH is 1. The molecule has 20 heavy (non-hydrogen) atoms. The minimum Gasteiger partial charge on any atom is -0.503 e. The molecule has 0 bridgehead atoms. The number of halogens is 1. The lowest BCUT2D eigenvalue weighted by Gasteiger charge is -2.25. The predicted octanol–water partition coefficient (Wildman–Crippen LogP) is 2.30. The van der Waals surface area contributed by atoms with Gasteiger partial charge in [-0.25, -0.2) is 4.39 Å². The third-order valence-corrected chi connectivity index (χ3v) is 3.19. The van der Waals surface area contributed by atoms with E-state index in [1.807, 2.05) is 0 Å². The molecule has 0 aromatic heterocycles. The van der Waals surface area contributed by atoms with E-state index in [9.17, 15) is 19.1 Å². The van der Waals surface area contributed by atoms with Crippen LogP contribution >= 0.6 is 0 Å². The van der Waals surface area contributed by atoms with E-state index in [1.165, 1.54) is 42.2 Å². The van der Waals surface area contributed by atoms with Gasteiger partial charge in [-0.3, -0.25) is 9.59 Å². The van der Waals surface area contributed by atoms with E-state index in [0.29, 0.717) is 5.56 Å². The van der Waals surface area contributed by atoms with E-state index in [0.717, 1.165) is 0 Å². The van der Waals surface area contributed by atoms with Crippen LogP contribution in [0.1, 0.15) is 18.5 Å². The lowest BCUT2D eigenvalue weighted by Crippen LogP contribution is -2.31. The van der Waals surface area contributed by atoms with Crippen molar-refractivity contribution in [2.45, 2.75) is 13.0 Å². The summed E-state index contributed by atoms with van der Waals surface area (Å²) in [6.45, 7) is 5.02. The zero-order chi connectivity index (χ0) is 14.9. The van der Waals surface area contributed by atoms with Crippen LogP contribution in [0.5, 0.6) is 0 Å². The number of hydrogen-bond acceptors (Lipinski definition) is 3. The molecule has 1 aromatic carbocycles. The van der Waals surface area contributed by atoms with Crippen molar-refractivity contribution in [3.05, 3.63) is 59.6 Å². The van der Waals surface area contributed by atoms with Crippen molar-refractivity contribution in [1.82, 2.24) is 4.90 Å². The molecule has 0 aliphatic carbocycles. The van der Waals surface area contributed by atoms with Gasteiger partial charge in [-0.1, -0.05) is 18.2 Å². The fourth-order valence-corrected chi connectivity index (χ4v) is 2.33. The normalized spacial score (nSPS) is 18.6. The average molecular weight is 275 g/mol. The molecule has 0 fully saturated rings. The van der Waals surface area contributed by atoms with Crippen LogP contribution in [-0.2, 0) is 9.59 Å². The van der Waals surface area contributed by atoms with Gasteiger partial charge >= 0.3 is 0 Å². The van der Waals surface area contributed by atoms with Gasteiger partial charge in [0.2, 0.25) is 0 Å². The Labute approximate surface area is 115 Å². The standard InChI is InChI=1S/C15H14FNO3/c1-3-8-17-13(10-4-6-11(16)7-5-10)12(9(2)18)14(19)15(17)20/h3-7,13,19H,1,8H2,2H3/t13-/m0/s1. The zero-order valence-electron chi connectivity index (χ0n) is 11.0. The number of aliphatic hydroxyl groups is 1. The van der Waals surface area contributed by atoms with Crippen molar-refractivity contribution in [1.29, 1.82) is 0 Å². The maximum atomic E-state index is 13.0. The fraction of sp³-hybridized carbons (Fsp3) is 0.200. The number of amides is 1. The van der Waals surface area contributed by atoms with Crippen molar-refractivity contribution in [2.75, 3.05) is 6.54 Å². The molecule has 1 amide bonds. The smallest absolute Gasteiger partial charge is 0.290 e. The number of nitrogens with zero attached hydrogens (tertiary/aromatic N) is 1. The minimum atomic E-state index is -0.710. The number of carbonyl (C=O) groups excluding carboxylic acids is 2. The molecule has 4 nitrogen and oxygen atoms in total. The topological polar surface area (TPSA) is 57.6 Å². The highest BCUT2D eigenvalue weighted by molar-refractivity contribution is 6.08. The Bertz CT molecular complexity index is 604. The van der Waals surface area contributed by atoms with Crippen LogP contribution in [0.4, 0.5) is 4.39 Å². The van der Waals surface area contributed by atoms with Gasteiger partial charge in [-0.2, -0.15) is 0 Å². The molecular formula is C15H14FNO3. The zero-order valence-corrected chi connectivity index (χ0v) is 11.0. The quantitative estimate of drug-likeness (QED) is 0.858. The van der Waals surface area contributed by atoms with Crippen molar-refractivity contribution >= 4 is 11.7 Å². The maximum Gasteiger partial charge on any atom is 0.290 e. The molecule has 2 rings (SSSR count). The summed E-state index contributed by atoms with van der Waals surface area (Å²) in [7, 11) is 0. The van der Waals surface area contributed by atoms with Crippen LogP contribution in [0.2, 0.25) is 0 Å². The number of benzene rings is 1. The molecule has 1 aromatic rings. The van der Waals surface area contributed by atoms with E-state index in [4.69, 9.17) is 0 Å². The van der Waals surface area contributed by atoms with Crippen molar-refractivity contribution < 1.29 is 19.1 Å². The monoisotopic (exact) mass is 275 g/mol. The SMILES string of the molecule is C=CCN1C(=O)C(O)=C(C(C)=O)[C@@H]1c1ccc(F)cc1. The third kappa shape index (κ3) is 2.22. The second kappa shape index (κ2) is 5.28. The van der Waals surface area contributed by atoms with Crippen LogP contribution in [0.25, 0.3) is 0 Å². The van der Waals surface area contributed by atoms with Gasteiger partial charge < -0.3 is 10.0 Å². The summed E-state index contributed by atoms with van der Waals surface area (Å²) in [4.78, 5) is 25.0. The third-order valence-electron chi connectivity index (χ3n) is 3.19. The summed E-state index contributed by atoms with van der Waals surface area (Å²) in [5, 5.41) is 9.87. The summed E-state index contributed by atoms with van der Waals surface area (Å²) in [6, 6.07) is 4.77. The molecule has 5 heteroatoms. The molecule has 1 aliphatic heterocycles. The van der Waals surface area contributed by atoms with Crippen LogP contribution in [0, 0.1) is 5.82 Å². The molecule has 0 spiro atoms. The van der Waals surface area contributed by atoms with E-state index in [1.54, 1.807) is 0 Å². The van der Waals surface area contributed by atoms with E-state index >= 15 is 0 Å². The Kier molecular flexibility index (Phi) is 3.70. The Balaban J connectivity index is 2.54. The summed E-state index contributed by atoms with van der Waals surface area (Å²) in [6.07, 6.45) is 1.50. The molecule has 104 valence electrons. The largest absolute Gasteiger partial charge is 0.503 e. The Morgan fingerprint density at radius 3 is 2.55 bits per heavy atom. The van der Waals surface area contributed by atoms with Crippen LogP contribution < -0.4 is 0 Å². The van der Waals surface area contributed by atoms with Gasteiger partial charge in [0, 0.05) is 6.54 Å². The first-order chi connectivity index (χ1) is 9.47. The first-order valence-corrected chi connectivity index (χ1v) is 6.08. The highest BCUT2D eigenvalue weighted by Crippen LogP contribution is 2.37. The summed E-state index contributed by atoms with van der Waals surface area (Å²) >= 11 is 0. The predicted molar refractivity (Wildman–Crippen MR) is 71.4 cm³/mol. The van der Waals surface area contributed by atoms with Gasteiger partial charge in [0.15, 0.2) is 11.5 Å². The van der Waals surface area contributed by atoms with Gasteiger partial charge in [0.05, 0.1) is 11.6 Å². The number of rotatable bonds is 4.